The predicted molar refractivity (Wildman–Crippen MR) is 73.8 cm³/mol. The molecule has 0 bridgehead atoms. The Morgan fingerprint density at radius 3 is 3.00 bits per heavy atom. The van der Waals surface area contributed by atoms with Gasteiger partial charge in [0.05, 0.1) is 0 Å². The molecule has 1 atom stereocenters. The molecular weight excluding hydrogens is 240 g/mol. The van der Waals surface area contributed by atoms with Gasteiger partial charge in [-0.05, 0) is 6.07 Å². The minimum Gasteiger partial charge on any atom is -0.461 e. The van der Waals surface area contributed by atoms with Gasteiger partial charge in [0.2, 0.25) is 5.91 Å². The second-order valence-electron chi connectivity index (χ2n) is 4.94. The summed E-state index contributed by atoms with van der Waals surface area (Å²) in [6.45, 7) is 3.57. The summed E-state index contributed by atoms with van der Waals surface area (Å²) in [5, 5.41) is 7.45. The molecule has 19 heavy (non-hydrogen) atoms. The summed E-state index contributed by atoms with van der Waals surface area (Å²) in [5.41, 5.74) is 2.16. The molecule has 1 amide bonds. The average Bonchev–Trinajstić information content (AvgIpc) is 2.99. The fourth-order valence-electron chi connectivity index (χ4n) is 2.62. The minimum atomic E-state index is 0.130. The van der Waals surface area contributed by atoms with Crippen LogP contribution in [0.2, 0.25) is 0 Å². The Bertz CT molecular complexity index is 603. The third kappa shape index (κ3) is 2.36. The third-order valence-corrected chi connectivity index (χ3v) is 3.65. The van der Waals surface area contributed by atoms with E-state index in [0.717, 1.165) is 30.9 Å². The van der Waals surface area contributed by atoms with E-state index in [1.165, 1.54) is 10.9 Å². The first-order valence-electron chi connectivity index (χ1n) is 6.77. The molecule has 1 unspecified atom stereocenters. The van der Waals surface area contributed by atoms with Crippen molar-refractivity contribution in [3.8, 4) is 0 Å². The van der Waals surface area contributed by atoms with Crippen LogP contribution < -0.4 is 10.6 Å². The summed E-state index contributed by atoms with van der Waals surface area (Å²) >= 11 is 0. The molecule has 2 heterocycles. The quantitative estimate of drug-likeness (QED) is 0.881. The van der Waals surface area contributed by atoms with Crippen molar-refractivity contribution in [2.45, 2.75) is 32.4 Å². The van der Waals surface area contributed by atoms with Crippen LogP contribution in [0.15, 0.2) is 28.7 Å². The molecular formula is C15H18N2O2. The van der Waals surface area contributed by atoms with E-state index in [1.54, 1.807) is 0 Å². The first-order valence-corrected chi connectivity index (χ1v) is 6.77. The summed E-state index contributed by atoms with van der Waals surface area (Å²) in [6.07, 6.45) is 1.45. The lowest BCUT2D eigenvalue weighted by atomic mass is 10.1. The van der Waals surface area contributed by atoms with Gasteiger partial charge in [-0.2, -0.15) is 0 Å². The Labute approximate surface area is 112 Å². The zero-order chi connectivity index (χ0) is 13.2. The maximum atomic E-state index is 11.2. The summed E-state index contributed by atoms with van der Waals surface area (Å²) < 4.78 is 5.86. The van der Waals surface area contributed by atoms with Crippen LogP contribution >= 0.6 is 0 Å². The molecule has 1 aromatic heterocycles. The zero-order valence-corrected chi connectivity index (χ0v) is 11.0. The number of amides is 1. The fraction of sp³-hybridized carbons (Fsp3) is 0.400. The molecule has 0 spiro atoms. The SMILES string of the molecule is CCc1oc2ccccc2c1CNC1CNC(=O)C1. The van der Waals surface area contributed by atoms with E-state index in [1.807, 2.05) is 18.2 Å². The van der Waals surface area contributed by atoms with Crippen LogP contribution in [0.3, 0.4) is 0 Å². The van der Waals surface area contributed by atoms with Gasteiger partial charge in [-0.15, -0.1) is 0 Å². The number of aryl methyl sites for hydroxylation is 1. The molecule has 0 aliphatic carbocycles. The number of benzene rings is 1. The summed E-state index contributed by atoms with van der Waals surface area (Å²) in [6, 6.07) is 8.33. The highest BCUT2D eigenvalue weighted by atomic mass is 16.3. The molecule has 1 aliphatic heterocycles. The maximum Gasteiger partial charge on any atom is 0.221 e. The van der Waals surface area contributed by atoms with Gasteiger partial charge < -0.3 is 15.1 Å². The smallest absolute Gasteiger partial charge is 0.221 e. The Kier molecular flexibility index (Phi) is 3.25. The normalized spacial score (nSPS) is 19.0. The van der Waals surface area contributed by atoms with Crippen molar-refractivity contribution in [3.63, 3.8) is 0 Å². The molecule has 4 heteroatoms. The fourth-order valence-corrected chi connectivity index (χ4v) is 2.62. The molecule has 100 valence electrons. The molecule has 3 rings (SSSR count). The van der Waals surface area contributed by atoms with Crippen LogP contribution in [0.5, 0.6) is 0 Å². The Hall–Kier alpha value is -1.81. The standard InChI is InChI=1S/C15H18N2O2/c1-2-13-12(9-16-10-7-15(18)17-8-10)11-5-3-4-6-14(11)19-13/h3-6,10,16H,2,7-9H2,1H3,(H,17,18). The van der Waals surface area contributed by atoms with E-state index < -0.39 is 0 Å². The Morgan fingerprint density at radius 1 is 1.42 bits per heavy atom. The van der Waals surface area contributed by atoms with Gasteiger partial charge >= 0.3 is 0 Å². The molecule has 2 aromatic rings. The summed E-state index contributed by atoms with van der Waals surface area (Å²) in [4.78, 5) is 11.2. The second kappa shape index (κ2) is 5.05. The van der Waals surface area contributed by atoms with E-state index in [-0.39, 0.29) is 11.9 Å². The van der Waals surface area contributed by atoms with Crippen LogP contribution in [-0.4, -0.2) is 18.5 Å². The number of hydrogen-bond acceptors (Lipinski definition) is 3. The molecule has 2 N–H and O–H groups in total. The molecule has 1 aliphatic rings. The molecule has 1 aromatic carbocycles. The largest absolute Gasteiger partial charge is 0.461 e. The first kappa shape index (κ1) is 12.2. The highest BCUT2D eigenvalue weighted by Gasteiger charge is 2.21. The van der Waals surface area contributed by atoms with Gasteiger partial charge in [-0.1, -0.05) is 25.1 Å². The van der Waals surface area contributed by atoms with Gasteiger partial charge in [0.25, 0.3) is 0 Å². The van der Waals surface area contributed by atoms with Gasteiger partial charge in [-0.25, -0.2) is 0 Å². The number of carbonyl (C=O) groups is 1. The van der Waals surface area contributed by atoms with Crippen molar-refractivity contribution in [3.05, 3.63) is 35.6 Å². The van der Waals surface area contributed by atoms with Crippen LogP contribution in [0.1, 0.15) is 24.7 Å². The van der Waals surface area contributed by atoms with Gasteiger partial charge in [0.1, 0.15) is 11.3 Å². The van der Waals surface area contributed by atoms with Crippen LogP contribution in [0.25, 0.3) is 11.0 Å². The van der Waals surface area contributed by atoms with E-state index in [9.17, 15) is 4.79 Å². The van der Waals surface area contributed by atoms with Crippen LogP contribution in [0.4, 0.5) is 0 Å². The van der Waals surface area contributed by atoms with Crippen molar-refractivity contribution in [1.82, 2.24) is 10.6 Å². The third-order valence-electron chi connectivity index (χ3n) is 3.65. The van der Waals surface area contributed by atoms with Crippen molar-refractivity contribution in [1.29, 1.82) is 0 Å². The van der Waals surface area contributed by atoms with E-state index in [4.69, 9.17) is 4.42 Å². The maximum absolute atomic E-state index is 11.2. The molecule has 0 radical (unpaired) electrons. The van der Waals surface area contributed by atoms with Crippen molar-refractivity contribution in [2.75, 3.05) is 6.54 Å². The Balaban J connectivity index is 1.81. The molecule has 0 saturated carbocycles. The van der Waals surface area contributed by atoms with Gasteiger partial charge in [0, 0.05) is 42.9 Å². The van der Waals surface area contributed by atoms with Crippen molar-refractivity contribution >= 4 is 16.9 Å². The topological polar surface area (TPSA) is 54.3 Å². The Morgan fingerprint density at radius 2 is 2.26 bits per heavy atom. The number of carbonyl (C=O) groups excluding carboxylic acids is 1. The van der Waals surface area contributed by atoms with Gasteiger partial charge in [-0.3, -0.25) is 4.79 Å². The summed E-state index contributed by atoms with van der Waals surface area (Å²) in [5.74, 6) is 1.16. The van der Waals surface area contributed by atoms with Crippen molar-refractivity contribution in [2.24, 2.45) is 0 Å². The monoisotopic (exact) mass is 258 g/mol. The lowest BCUT2D eigenvalue weighted by molar-refractivity contribution is -0.119. The number of fused-ring (bicyclic) bond motifs is 1. The number of furan rings is 1. The minimum absolute atomic E-state index is 0.130. The number of rotatable bonds is 4. The lowest BCUT2D eigenvalue weighted by Crippen LogP contribution is -2.30. The van der Waals surface area contributed by atoms with Crippen LogP contribution in [-0.2, 0) is 17.8 Å². The summed E-state index contributed by atoms with van der Waals surface area (Å²) in [7, 11) is 0. The van der Waals surface area contributed by atoms with Crippen molar-refractivity contribution < 1.29 is 9.21 Å². The molecule has 1 fully saturated rings. The van der Waals surface area contributed by atoms with E-state index in [0.29, 0.717) is 6.42 Å². The second-order valence-corrected chi connectivity index (χ2v) is 4.94. The van der Waals surface area contributed by atoms with E-state index in [2.05, 4.69) is 23.6 Å². The number of nitrogens with one attached hydrogen (secondary N) is 2. The van der Waals surface area contributed by atoms with Crippen LogP contribution in [0, 0.1) is 0 Å². The average molecular weight is 258 g/mol. The lowest BCUT2D eigenvalue weighted by Gasteiger charge is -2.10. The predicted octanol–water partition coefficient (Wildman–Crippen LogP) is 1.97. The number of para-hydroxylation sites is 1. The highest BCUT2D eigenvalue weighted by Crippen LogP contribution is 2.26. The first-order chi connectivity index (χ1) is 9.28. The molecule has 4 nitrogen and oxygen atoms in total. The molecule has 1 saturated heterocycles. The van der Waals surface area contributed by atoms with E-state index >= 15 is 0 Å². The van der Waals surface area contributed by atoms with Gasteiger partial charge in [0.15, 0.2) is 0 Å². The number of hydrogen-bond donors (Lipinski definition) is 2. The highest BCUT2D eigenvalue weighted by molar-refractivity contribution is 5.82. The zero-order valence-electron chi connectivity index (χ0n) is 11.0.